The average molecular weight is 725 g/mol. The highest BCUT2D eigenvalue weighted by Crippen LogP contribution is 2.41. The van der Waals surface area contributed by atoms with Crippen LogP contribution in [-0.4, -0.2) is 83.4 Å². The zero-order valence-electron chi connectivity index (χ0n) is 29.5. The molecule has 0 spiro atoms. The van der Waals surface area contributed by atoms with Crippen molar-refractivity contribution in [1.29, 1.82) is 0 Å². The molecule has 2 aliphatic heterocycles. The second-order valence-corrected chi connectivity index (χ2v) is 14.0. The van der Waals surface area contributed by atoms with E-state index in [4.69, 9.17) is 35.8 Å². The molecule has 3 N–H and O–H groups in total. The topological polar surface area (TPSA) is 140 Å². The molecule has 52 heavy (non-hydrogen) atoms. The first-order valence-electron chi connectivity index (χ1n) is 17.1. The Balaban J connectivity index is 1.16. The van der Waals surface area contributed by atoms with Crippen LogP contribution in [-0.2, 0) is 22.7 Å². The van der Waals surface area contributed by atoms with Crippen molar-refractivity contribution in [1.82, 2.24) is 30.1 Å². The number of benzene rings is 2. The van der Waals surface area contributed by atoms with E-state index in [-0.39, 0.29) is 11.9 Å². The zero-order valence-corrected chi connectivity index (χ0v) is 30.3. The van der Waals surface area contributed by atoms with Crippen molar-refractivity contribution in [2.24, 2.45) is 5.41 Å². The summed E-state index contributed by atoms with van der Waals surface area (Å²) in [5, 5.41) is 17.4. The SMILES string of the molecule is COc1cc(-n2ccc3c(-c4cccc(-c5ccc(CNC[C@@H]6CCC(=O)N6)c(OC)n5)c4Cl)ccnc32)cc(OC)c1CN1CC(C)(C(=O)O)C1. The Bertz CT molecular complexity index is 2140. The second-order valence-electron chi connectivity index (χ2n) is 13.6. The number of methoxy groups -OCH3 is 3. The number of nitrogens with one attached hydrogen (secondary N) is 2. The lowest BCUT2D eigenvalue weighted by atomic mass is 9.82. The van der Waals surface area contributed by atoms with Gasteiger partial charge in [-0.2, -0.15) is 0 Å². The van der Waals surface area contributed by atoms with E-state index in [1.54, 1.807) is 34.4 Å². The number of rotatable bonds is 13. The standard InChI is InChI=1S/C39H41ClN6O6/c1-39(38(48)49)21-45(22-39)20-30-32(50-2)16-25(17-33(30)51-3)46-15-13-28-26(12-14-42-36(28)46)27-6-5-7-29(35(27)40)31-10-8-23(37(44-31)52-4)18-41-19-24-9-11-34(47)43-24/h5-8,10,12-17,24,41H,9,11,18-22H2,1-4H3,(H,43,47)(H,48,49)/t24-/m0/s1. The Morgan fingerprint density at radius 1 is 1.04 bits per heavy atom. The third-order valence-corrected chi connectivity index (χ3v) is 10.4. The number of aromatic nitrogens is 3. The van der Waals surface area contributed by atoms with Crippen LogP contribution < -0.4 is 24.8 Å². The predicted molar refractivity (Wildman–Crippen MR) is 198 cm³/mol. The molecule has 270 valence electrons. The number of carboxylic acid groups (broad SMARTS) is 1. The van der Waals surface area contributed by atoms with Crippen LogP contribution in [0.25, 0.3) is 39.1 Å². The molecule has 5 aromatic rings. The normalized spacial score (nSPS) is 16.8. The monoisotopic (exact) mass is 724 g/mol. The number of carbonyl (C=O) groups excluding carboxylic acids is 1. The number of amides is 1. The molecule has 13 heteroatoms. The Hall–Kier alpha value is -5.17. The Morgan fingerprint density at radius 3 is 2.46 bits per heavy atom. The molecule has 3 aromatic heterocycles. The van der Waals surface area contributed by atoms with E-state index < -0.39 is 11.4 Å². The van der Waals surface area contributed by atoms with Crippen LogP contribution in [0.2, 0.25) is 5.02 Å². The molecule has 0 unspecified atom stereocenters. The lowest BCUT2D eigenvalue weighted by Crippen LogP contribution is -2.58. The Morgan fingerprint density at radius 2 is 1.79 bits per heavy atom. The van der Waals surface area contributed by atoms with E-state index in [2.05, 4.69) is 15.5 Å². The number of aliphatic carboxylic acids is 1. The van der Waals surface area contributed by atoms with Crippen molar-refractivity contribution in [2.45, 2.75) is 38.9 Å². The number of likely N-dealkylation sites (tertiary alicyclic amines) is 1. The van der Waals surface area contributed by atoms with Gasteiger partial charge in [0.15, 0.2) is 0 Å². The fraction of sp³-hybridized carbons (Fsp3) is 0.333. The largest absolute Gasteiger partial charge is 0.496 e. The highest BCUT2D eigenvalue weighted by Gasteiger charge is 2.45. The summed E-state index contributed by atoms with van der Waals surface area (Å²) in [4.78, 5) is 34.8. The molecular formula is C39H41ClN6O6. The van der Waals surface area contributed by atoms with Crippen LogP contribution >= 0.6 is 11.6 Å². The summed E-state index contributed by atoms with van der Waals surface area (Å²) >= 11 is 7.17. The van der Waals surface area contributed by atoms with Gasteiger partial charge in [-0.25, -0.2) is 9.97 Å². The smallest absolute Gasteiger partial charge is 0.311 e. The molecule has 2 aromatic carbocycles. The first-order valence-corrected chi connectivity index (χ1v) is 17.5. The van der Waals surface area contributed by atoms with Gasteiger partial charge in [0, 0.05) is 91.8 Å². The van der Waals surface area contributed by atoms with Crippen LogP contribution in [0.1, 0.15) is 30.9 Å². The van der Waals surface area contributed by atoms with Crippen LogP contribution in [0.4, 0.5) is 0 Å². The highest BCUT2D eigenvalue weighted by molar-refractivity contribution is 6.36. The van der Waals surface area contributed by atoms with Crippen molar-refractivity contribution in [3.05, 3.63) is 83.1 Å². The number of halogens is 1. The number of ether oxygens (including phenoxy) is 3. The molecule has 0 aliphatic carbocycles. The van der Waals surface area contributed by atoms with Gasteiger partial charge in [-0.3, -0.25) is 14.5 Å². The third-order valence-electron chi connectivity index (χ3n) is 9.99. The van der Waals surface area contributed by atoms with E-state index in [1.807, 2.05) is 65.4 Å². The molecule has 2 fully saturated rings. The third kappa shape index (κ3) is 6.65. The first-order chi connectivity index (χ1) is 25.1. The number of hydrogen-bond acceptors (Lipinski definition) is 9. The number of fused-ring (bicyclic) bond motifs is 1. The summed E-state index contributed by atoms with van der Waals surface area (Å²) in [7, 11) is 4.84. The molecule has 7 rings (SSSR count). The van der Waals surface area contributed by atoms with Crippen LogP contribution in [0.3, 0.4) is 0 Å². The summed E-state index contributed by atoms with van der Waals surface area (Å²) in [5.74, 6) is 1.09. The molecule has 2 saturated heterocycles. The van der Waals surface area contributed by atoms with E-state index in [0.29, 0.717) is 67.2 Å². The maximum atomic E-state index is 11.6. The minimum absolute atomic E-state index is 0.0964. The van der Waals surface area contributed by atoms with Crippen molar-refractivity contribution in [3.8, 4) is 45.5 Å². The van der Waals surface area contributed by atoms with Crippen LogP contribution in [0.5, 0.6) is 17.4 Å². The molecule has 1 amide bonds. The van der Waals surface area contributed by atoms with E-state index in [1.165, 1.54) is 0 Å². The molecule has 0 bridgehead atoms. The molecule has 0 saturated carbocycles. The Labute approximate surface area is 306 Å². The number of nitrogens with zero attached hydrogens (tertiary/aromatic N) is 4. The summed E-state index contributed by atoms with van der Waals surface area (Å²) in [6.45, 7) is 4.38. The van der Waals surface area contributed by atoms with Crippen molar-refractivity contribution < 1.29 is 28.9 Å². The molecule has 12 nitrogen and oxygen atoms in total. The fourth-order valence-electron chi connectivity index (χ4n) is 7.24. The van der Waals surface area contributed by atoms with Crippen molar-refractivity contribution >= 4 is 34.5 Å². The number of pyridine rings is 2. The molecule has 5 heterocycles. The predicted octanol–water partition coefficient (Wildman–Crippen LogP) is 5.71. The number of carboxylic acids is 1. The van der Waals surface area contributed by atoms with Crippen LogP contribution in [0.15, 0.2) is 67.0 Å². The minimum atomic E-state index is -0.791. The lowest BCUT2D eigenvalue weighted by molar-refractivity contribution is -0.159. The van der Waals surface area contributed by atoms with E-state index in [9.17, 15) is 14.7 Å². The highest BCUT2D eigenvalue weighted by atomic mass is 35.5. The molecular weight excluding hydrogens is 684 g/mol. The van der Waals surface area contributed by atoms with E-state index >= 15 is 0 Å². The van der Waals surface area contributed by atoms with Gasteiger partial charge < -0.3 is 34.5 Å². The van der Waals surface area contributed by atoms with Gasteiger partial charge in [0.25, 0.3) is 0 Å². The van der Waals surface area contributed by atoms with Gasteiger partial charge >= 0.3 is 5.97 Å². The molecule has 1 atom stereocenters. The van der Waals surface area contributed by atoms with Gasteiger partial charge in [-0.1, -0.05) is 35.9 Å². The first kappa shape index (κ1) is 35.2. The van der Waals surface area contributed by atoms with E-state index in [0.717, 1.165) is 51.0 Å². The maximum absolute atomic E-state index is 11.6. The summed E-state index contributed by atoms with van der Waals surface area (Å²) in [5.41, 5.74) is 5.74. The van der Waals surface area contributed by atoms with Gasteiger partial charge in [-0.15, -0.1) is 0 Å². The average Bonchev–Trinajstić information content (AvgIpc) is 3.77. The Kier molecular flexibility index (Phi) is 9.80. The van der Waals surface area contributed by atoms with Gasteiger partial charge in [0.05, 0.1) is 48.7 Å². The summed E-state index contributed by atoms with van der Waals surface area (Å²) in [6.07, 6.45) is 5.13. The van der Waals surface area contributed by atoms with Crippen molar-refractivity contribution in [3.63, 3.8) is 0 Å². The van der Waals surface area contributed by atoms with Crippen molar-refractivity contribution in [2.75, 3.05) is 41.0 Å². The minimum Gasteiger partial charge on any atom is -0.496 e. The van der Waals surface area contributed by atoms with Gasteiger partial charge in [0.1, 0.15) is 17.1 Å². The van der Waals surface area contributed by atoms with Gasteiger partial charge in [0.2, 0.25) is 11.8 Å². The van der Waals surface area contributed by atoms with Gasteiger partial charge in [-0.05, 0) is 37.1 Å². The van der Waals surface area contributed by atoms with Crippen LogP contribution in [0, 0.1) is 5.41 Å². The maximum Gasteiger partial charge on any atom is 0.311 e. The number of hydrogen-bond donors (Lipinski definition) is 3. The lowest BCUT2D eigenvalue weighted by Gasteiger charge is -2.45. The number of carbonyl (C=O) groups is 2. The molecule has 0 radical (unpaired) electrons. The quantitative estimate of drug-likeness (QED) is 0.138. The summed E-state index contributed by atoms with van der Waals surface area (Å²) < 4.78 is 19.3. The zero-order chi connectivity index (χ0) is 36.6. The molecule has 2 aliphatic rings. The fourth-order valence-corrected chi connectivity index (χ4v) is 7.56. The summed E-state index contributed by atoms with van der Waals surface area (Å²) in [6, 6.07) is 17.8. The second kappa shape index (κ2) is 14.5.